The molecule has 0 saturated heterocycles. The van der Waals surface area contributed by atoms with Gasteiger partial charge in [0.15, 0.2) is 6.10 Å². The highest BCUT2D eigenvalue weighted by atomic mass is 16.6. The van der Waals surface area contributed by atoms with E-state index in [0.717, 1.165) is 103 Å². The van der Waals surface area contributed by atoms with E-state index in [9.17, 15) is 14.4 Å². The van der Waals surface area contributed by atoms with Crippen molar-refractivity contribution in [2.45, 2.75) is 232 Å². The molecule has 0 amide bonds. The summed E-state index contributed by atoms with van der Waals surface area (Å²) >= 11 is 0. The third-order valence-electron chi connectivity index (χ3n) is 10.9. The van der Waals surface area contributed by atoms with Crippen molar-refractivity contribution >= 4 is 17.9 Å². The zero-order valence-electron chi connectivity index (χ0n) is 43.1. The van der Waals surface area contributed by atoms with E-state index < -0.39 is 6.10 Å². The summed E-state index contributed by atoms with van der Waals surface area (Å²) in [6.07, 6.45) is 74.8. The second-order valence-electron chi connectivity index (χ2n) is 17.4. The van der Waals surface area contributed by atoms with Crippen molar-refractivity contribution in [3.63, 3.8) is 0 Å². The third-order valence-corrected chi connectivity index (χ3v) is 10.9. The number of hydrogen-bond acceptors (Lipinski definition) is 6. The molecule has 1 atom stereocenters. The molecule has 378 valence electrons. The third kappa shape index (κ3) is 52.6. The first-order valence-corrected chi connectivity index (χ1v) is 27.0. The first kappa shape index (κ1) is 62.8. The summed E-state index contributed by atoms with van der Waals surface area (Å²) in [5, 5.41) is 0. The van der Waals surface area contributed by atoms with Gasteiger partial charge in [0.1, 0.15) is 13.2 Å². The van der Waals surface area contributed by atoms with E-state index in [0.29, 0.717) is 19.3 Å². The molecule has 0 aromatic carbocycles. The van der Waals surface area contributed by atoms with Crippen molar-refractivity contribution < 1.29 is 28.6 Å². The minimum atomic E-state index is -0.826. The fourth-order valence-corrected chi connectivity index (χ4v) is 6.95. The second kappa shape index (κ2) is 54.4. The monoisotopic (exact) mass is 927 g/mol. The lowest BCUT2D eigenvalue weighted by Crippen LogP contribution is -2.30. The maximum Gasteiger partial charge on any atom is 0.306 e. The molecule has 0 aromatic heterocycles. The summed E-state index contributed by atoms with van der Waals surface area (Å²) in [5.41, 5.74) is 0. The molecule has 0 rings (SSSR count). The molecule has 0 aromatic rings. The van der Waals surface area contributed by atoms with Crippen LogP contribution >= 0.6 is 0 Å². The summed E-state index contributed by atoms with van der Waals surface area (Å²) in [5.74, 6) is -1.04. The zero-order valence-corrected chi connectivity index (χ0v) is 43.1. The van der Waals surface area contributed by atoms with Crippen molar-refractivity contribution in [2.75, 3.05) is 13.2 Å². The molecule has 0 bridgehead atoms. The van der Waals surface area contributed by atoms with Gasteiger partial charge in [-0.3, -0.25) is 14.4 Å². The maximum absolute atomic E-state index is 12.8. The van der Waals surface area contributed by atoms with Gasteiger partial charge in [-0.25, -0.2) is 0 Å². The van der Waals surface area contributed by atoms with E-state index in [-0.39, 0.29) is 37.5 Å². The van der Waals surface area contributed by atoms with Crippen LogP contribution < -0.4 is 0 Å². The fraction of sp³-hybridized carbons (Fsp3) is 0.623. The molecule has 0 fully saturated rings. The molecule has 0 aliphatic heterocycles. The van der Waals surface area contributed by atoms with E-state index in [1.165, 1.54) is 77.0 Å². The van der Waals surface area contributed by atoms with Crippen molar-refractivity contribution in [2.24, 2.45) is 0 Å². The fourth-order valence-electron chi connectivity index (χ4n) is 6.95. The Morgan fingerprint density at radius 3 is 1.03 bits per heavy atom. The maximum atomic E-state index is 12.8. The van der Waals surface area contributed by atoms with Gasteiger partial charge in [0.05, 0.1) is 0 Å². The minimum absolute atomic E-state index is 0.122. The average Bonchev–Trinajstić information content (AvgIpc) is 3.33. The van der Waals surface area contributed by atoms with Crippen LogP contribution in [0.5, 0.6) is 0 Å². The number of esters is 3. The lowest BCUT2D eigenvalue weighted by Gasteiger charge is -2.18. The first-order valence-electron chi connectivity index (χ1n) is 27.0. The summed E-state index contributed by atoms with van der Waals surface area (Å²) in [4.78, 5) is 38.0. The predicted octanol–water partition coefficient (Wildman–Crippen LogP) is 18.1. The molecule has 0 aliphatic carbocycles. The Balaban J connectivity index is 4.53. The second-order valence-corrected chi connectivity index (χ2v) is 17.4. The van der Waals surface area contributed by atoms with Crippen LogP contribution in [0.2, 0.25) is 0 Å². The van der Waals surface area contributed by atoms with Crippen molar-refractivity contribution in [1.29, 1.82) is 0 Å². The molecule has 6 heteroatoms. The largest absolute Gasteiger partial charge is 0.462 e. The number of rotatable bonds is 47. The Labute approximate surface area is 412 Å². The molecule has 0 aliphatic rings. The molecule has 0 heterocycles. The topological polar surface area (TPSA) is 78.9 Å². The van der Waals surface area contributed by atoms with E-state index in [2.05, 4.69) is 130 Å². The number of unbranched alkanes of at least 4 members (excludes halogenated alkanes) is 16. The SMILES string of the molecule is CC/C=C\C/C=C\C/C=C\C/C=C\C/C=C\CCCCCC(=O)OCC(COC(=O)CC/C=C\C/C=C\C/C=C\C/C=C\CC)OC(=O)CCCCCCCCC/C=C\CCCCCCCC. The Morgan fingerprint density at radius 2 is 0.612 bits per heavy atom. The van der Waals surface area contributed by atoms with Gasteiger partial charge >= 0.3 is 17.9 Å². The number of hydrogen-bond donors (Lipinski definition) is 0. The zero-order chi connectivity index (χ0) is 48.6. The van der Waals surface area contributed by atoms with Gasteiger partial charge in [-0.2, -0.15) is 0 Å². The Kier molecular flexibility index (Phi) is 51.0. The minimum Gasteiger partial charge on any atom is -0.462 e. The number of carbonyl (C=O) groups is 3. The van der Waals surface area contributed by atoms with Crippen molar-refractivity contribution in [1.82, 2.24) is 0 Å². The first-order chi connectivity index (χ1) is 33.0. The van der Waals surface area contributed by atoms with Gasteiger partial charge in [0.25, 0.3) is 0 Å². The predicted molar refractivity (Wildman–Crippen MR) is 288 cm³/mol. The van der Waals surface area contributed by atoms with Crippen molar-refractivity contribution in [3.05, 3.63) is 122 Å². The number of ether oxygens (including phenoxy) is 3. The molecule has 6 nitrogen and oxygen atoms in total. The molecule has 0 radical (unpaired) electrons. The molecule has 0 spiro atoms. The van der Waals surface area contributed by atoms with Gasteiger partial charge in [-0.15, -0.1) is 0 Å². The van der Waals surface area contributed by atoms with Crippen LogP contribution in [0.1, 0.15) is 226 Å². The summed E-state index contributed by atoms with van der Waals surface area (Å²) in [6.45, 7) is 6.30. The quantitative estimate of drug-likeness (QED) is 0.0262. The normalized spacial score (nSPS) is 13.1. The smallest absolute Gasteiger partial charge is 0.306 e. The van der Waals surface area contributed by atoms with Crippen LogP contribution in [0.15, 0.2) is 122 Å². The molecule has 67 heavy (non-hydrogen) atoms. The van der Waals surface area contributed by atoms with Crippen LogP contribution in [0.25, 0.3) is 0 Å². The van der Waals surface area contributed by atoms with Gasteiger partial charge < -0.3 is 14.2 Å². The molecule has 0 N–H and O–H groups in total. The van der Waals surface area contributed by atoms with Gasteiger partial charge in [0.2, 0.25) is 0 Å². The van der Waals surface area contributed by atoms with E-state index in [4.69, 9.17) is 14.2 Å². The lowest BCUT2D eigenvalue weighted by atomic mass is 10.1. The van der Waals surface area contributed by atoms with Gasteiger partial charge in [-0.1, -0.05) is 213 Å². The Morgan fingerprint density at radius 1 is 0.313 bits per heavy atom. The van der Waals surface area contributed by atoms with Crippen LogP contribution in [0.4, 0.5) is 0 Å². The van der Waals surface area contributed by atoms with Crippen LogP contribution in [-0.4, -0.2) is 37.2 Å². The van der Waals surface area contributed by atoms with Gasteiger partial charge in [-0.05, 0) is 116 Å². The van der Waals surface area contributed by atoms with Crippen molar-refractivity contribution in [3.8, 4) is 0 Å². The van der Waals surface area contributed by atoms with E-state index >= 15 is 0 Å². The van der Waals surface area contributed by atoms with Gasteiger partial charge in [0, 0.05) is 19.3 Å². The highest BCUT2D eigenvalue weighted by molar-refractivity contribution is 5.71. The molecular weight excluding hydrogens is 829 g/mol. The summed E-state index contributed by atoms with van der Waals surface area (Å²) in [6, 6.07) is 0. The summed E-state index contributed by atoms with van der Waals surface area (Å²) in [7, 11) is 0. The highest BCUT2D eigenvalue weighted by Crippen LogP contribution is 2.13. The van der Waals surface area contributed by atoms with Crippen LogP contribution in [0.3, 0.4) is 0 Å². The number of allylic oxidation sites excluding steroid dienone is 20. The molecule has 0 saturated carbocycles. The van der Waals surface area contributed by atoms with Crippen LogP contribution in [0, 0.1) is 0 Å². The molecular formula is C61H98O6. The Hall–Kier alpha value is -4.19. The Bertz CT molecular complexity index is 1440. The summed E-state index contributed by atoms with van der Waals surface area (Å²) < 4.78 is 16.7. The highest BCUT2D eigenvalue weighted by Gasteiger charge is 2.19. The van der Waals surface area contributed by atoms with E-state index in [1.807, 2.05) is 12.2 Å². The van der Waals surface area contributed by atoms with Crippen LogP contribution in [-0.2, 0) is 28.6 Å². The average molecular weight is 927 g/mol. The van der Waals surface area contributed by atoms with E-state index in [1.54, 1.807) is 0 Å². The molecule has 1 unspecified atom stereocenters. The lowest BCUT2D eigenvalue weighted by molar-refractivity contribution is -0.166. The number of carbonyl (C=O) groups excluding carboxylic acids is 3. The standard InChI is InChI=1S/C61H98O6/c1-4-7-10-13-16-19-22-25-27-29-30-32-33-36-39-42-45-48-51-54-60(63)66-57-58(56-65-59(62)53-50-47-44-41-38-35-24-21-18-15-12-9-6-3)67-61(64)55-52-49-46-43-40-37-34-31-28-26-23-20-17-14-11-8-5-2/h7,9-10,12,16,18-19,21,25-28,30,32,35-36,38-39,44,47,58H,4-6,8,11,13-15,17,20,22-24,29,31,33-34,37,40-43,45-46,48-57H2,1-3H3/b10-7-,12-9-,19-16-,21-18-,27-25-,28-26-,32-30-,38-35-,39-36-,47-44-.